The highest BCUT2D eigenvalue weighted by atomic mass is 16.4. The molecule has 1 aliphatic carbocycles. The van der Waals surface area contributed by atoms with Gasteiger partial charge in [0.05, 0.1) is 5.56 Å². The van der Waals surface area contributed by atoms with Crippen molar-refractivity contribution >= 4 is 11.9 Å². The molecule has 4 atom stereocenters. The third-order valence-electron chi connectivity index (χ3n) is 6.63. The van der Waals surface area contributed by atoms with Crippen LogP contribution in [0.25, 0.3) is 0 Å². The van der Waals surface area contributed by atoms with Gasteiger partial charge in [-0.1, -0.05) is 56.7 Å². The predicted octanol–water partition coefficient (Wildman–Crippen LogP) is 5.41. The van der Waals surface area contributed by atoms with Crippen molar-refractivity contribution in [2.75, 3.05) is 0 Å². The van der Waals surface area contributed by atoms with Crippen molar-refractivity contribution in [2.24, 2.45) is 11.8 Å². The van der Waals surface area contributed by atoms with Gasteiger partial charge in [0, 0.05) is 12.3 Å². The summed E-state index contributed by atoms with van der Waals surface area (Å²) in [6.45, 7) is 2.17. The Labute approximate surface area is 201 Å². The van der Waals surface area contributed by atoms with E-state index in [-0.39, 0.29) is 29.7 Å². The molecule has 1 aliphatic rings. The number of hydrogen-bond acceptors (Lipinski definition) is 5. The molecule has 7 nitrogen and oxygen atoms in total. The van der Waals surface area contributed by atoms with E-state index >= 15 is 0 Å². The number of hydrogen-bond donors (Lipinski definition) is 5. The van der Waals surface area contributed by atoms with Crippen LogP contribution in [-0.4, -0.2) is 43.6 Å². The van der Waals surface area contributed by atoms with Gasteiger partial charge in [-0.2, -0.15) is 0 Å². The molecule has 0 amide bonds. The number of aliphatic hydroxyl groups is 3. The molecule has 7 heteroatoms. The molecule has 5 N–H and O–H groups in total. The second kappa shape index (κ2) is 13.7. The Kier molecular flexibility index (Phi) is 11.0. The summed E-state index contributed by atoms with van der Waals surface area (Å²) in [4.78, 5) is 22.6. The molecule has 1 saturated carbocycles. The second-order valence-electron chi connectivity index (χ2n) is 8.96. The number of carbonyl (C=O) groups is 2. The molecular formula is C27H36O7. The van der Waals surface area contributed by atoms with E-state index < -0.39 is 29.6 Å². The Morgan fingerprint density at radius 3 is 2.44 bits per heavy atom. The maximum Gasteiger partial charge on any atom is 0.374 e. The van der Waals surface area contributed by atoms with E-state index in [2.05, 4.69) is 18.8 Å². The summed E-state index contributed by atoms with van der Waals surface area (Å²) < 4.78 is 0. The molecule has 0 aliphatic heterocycles. The molecule has 1 aromatic rings. The highest BCUT2D eigenvalue weighted by Crippen LogP contribution is 2.47. The Morgan fingerprint density at radius 1 is 1.03 bits per heavy atom. The van der Waals surface area contributed by atoms with Gasteiger partial charge in [0.25, 0.3) is 0 Å². The number of carboxylic acid groups (broad SMARTS) is 2. The number of benzene rings is 1. The average molecular weight is 473 g/mol. The van der Waals surface area contributed by atoms with Crippen LogP contribution in [0.3, 0.4) is 0 Å². The molecule has 0 saturated heterocycles. The van der Waals surface area contributed by atoms with Crippen LogP contribution in [-0.2, 0) is 4.79 Å². The first-order valence-electron chi connectivity index (χ1n) is 12.1. The molecule has 0 bridgehead atoms. The number of carboxylic acids is 2. The smallest absolute Gasteiger partial charge is 0.374 e. The summed E-state index contributed by atoms with van der Waals surface area (Å²) in [5, 5.41) is 47.6. The number of aliphatic carboxylic acids is 1. The topological polar surface area (TPSA) is 135 Å². The second-order valence-corrected chi connectivity index (χ2v) is 8.96. The minimum Gasteiger partial charge on any atom is -0.506 e. The monoisotopic (exact) mass is 472 g/mol. The molecule has 0 radical (unpaired) electrons. The van der Waals surface area contributed by atoms with Gasteiger partial charge in [0.15, 0.2) is 5.76 Å². The quantitative estimate of drug-likeness (QED) is 0.119. The fourth-order valence-corrected chi connectivity index (χ4v) is 4.84. The van der Waals surface area contributed by atoms with E-state index in [1.54, 1.807) is 12.1 Å². The number of rotatable bonds is 12. The number of aromatic carboxylic acids is 1. The number of unbranched alkanes of at least 4 members (excludes halogenated alkanes) is 4. The summed E-state index contributed by atoms with van der Waals surface area (Å²) in [5.41, 5.74) is 1.08. The molecule has 2 rings (SSSR count). The Balaban J connectivity index is 2.15. The lowest BCUT2D eigenvalue weighted by Gasteiger charge is -2.24. The highest BCUT2D eigenvalue weighted by Gasteiger charge is 2.37. The molecule has 34 heavy (non-hydrogen) atoms. The normalized spacial score (nSPS) is 21.3. The number of aliphatic hydroxyl groups excluding tert-OH is 3. The summed E-state index contributed by atoms with van der Waals surface area (Å²) >= 11 is 0. The van der Waals surface area contributed by atoms with Gasteiger partial charge >= 0.3 is 11.9 Å². The van der Waals surface area contributed by atoms with E-state index in [4.69, 9.17) is 5.11 Å². The lowest BCUT2D eigenvalue weighted by atomic mass is 9.80. The summed E-state index contributed by atoms with van der Waals surface area (Å²) in [7, 11) is 0. The van der Waals surface area contributed by atoms with Crippen LogP contribution in [0.2, 0.25) is 0 Å². The van der Waals surface area contributed by atoms with E-state index in [0.29, 0.717) is 12.8 Å². The van der Waals surface area contributed by atoms with Crippen LogP contribution < -0.4 is 0 Å². The Hall–Kier alpha value is -2.98. The van der Waals surface area contributed by atoms with Crippen LogP contribution in [0.1, 0.15) is 93.0 Å². The zero-order valence-electron chi connectivity index (χ0n) is 19.7. The Bertz CT molecular complexity index is 924. The van der Waals surface area contributed by atoms with Gasteiger partial charge in [-0.3, -0.25) is 0 Å². The van der Waals surface area contributed by atoms with E-state index in [1.165, 1.54) is 12.8 Å². The van der Waals surface area contributed by atoms with Gasteiger partial charge in [-0.15, -0.1) is 5.92 Å². The van der Waals surface area contributed by atoms with Crippen molar-refractivity contribution < 1.29 is 35.1 Å². The van der Waals surface area contributed by atoms with Crippen molar-refractivity contribution in [3.63, 3.8) is 0 Å². The van der Waals surface area contributed by atoms with Crippen molar-refractivity contribution in [1.29, 1.82) is 0 Å². The van der Waals surface area contributed by atoms with Crippen LogP contribution in [0, 0.1) is 23.7 Å². The van der Waals surface area contributed by atoms with Gasteiger partial charge in [0.1, 0.15) is 6.10 Å². The standard InChI is InChI=1S/C27H36O7/c1-2-3-4-5-6-7-11-18-16-17-21(20-12-8-9-13-22(20)26(31)32)19(18)14-10-15-23(28)24(29)25(30)27(33)34/h8-9,12-13,18-19,21,23,28-30H,2-6,10,14-17H2,1H3,(H,31,32)(H,33,34)/t18-,19+,21?,23-/m0/s1. The Morgan fingerprint density at radius 2 is 1.76 bits per heavy atom. The fraction of sp³-hybridized carbons (Fsp3) is 0.556. The zero-order valence-corrected chi connectivity index (χ0v) is 19.7. The molecular weight excluding hydrogens is 436 g/mol. The average Bonchev–Trinajstić information content (AvgIpc) is 3.22. The fourth-order valence-electron chi connectivity index (χ4n) is 4.84. The molecule has 1 fully saturated rings. The first-order chi connectivity index (χ1) is 16.3. The van der Waals surface area contributed by atoms with Crippen LogP contribution in [0.5, 0.6) is 0 Å². The first kappa shape index (κ1) is 27.3. The largest absolute Gasteiger partial charge is 0.506 e. The van der Waals surface area contributed by atoms with E-state index in [1.807, 2.05) is 12.1 Å². The maximum atomic E-state index is 11.8. The molecule has 0 aromatic heterocycles. The molecule has 0 heterocycles. The molecule has 1 aromatic carbocycles. The predicted molar refractivity (Wildman–Crippen MR) is 129 cm³/mol. The minimum atomic E-state index is -1.70. The van der Waals surface area contributed by atoms with Crippen LogP contribution in [0.4, 0.5) is 0 Å². The SMILES string of the molecule is CCCCCCC#C[C@H]1CCC(c2ccccc2C(=O)O)[C@@H]1CCC[C@H](O)C(O)=C(O)C(=O)O. The third kappa shape index (κ3) is 7.53. The van der Waals surface area contributed by atoms with Gasteiger partial charge in [0.2, 0.25) is 5.76 Å². The molecule has 186 valence electrons. The lowest BCUT2D eigenvalue weighted by Crippen LogP contribution is -2.19. The van der Waals surface area contributed by atoms with E-state index in [0.717, 1.165) is 37.7 Å². The summed E-state index contributed by atoms with van der Waals surface area (Å²) in [6.07, 6.45) is 6.79. The van der Waals surface area contributed by atoms with Crippen LogP contribution in [0.15, 0.2) is 35.8 Å². The summed E-state index contributed by atoms with van der Waals surface area (Å²) in [5.74, 6) is 2.05. The molecule has 1 unspecified atom stereocenters. The zero-order chi connectivity index (χ0) is 25.1. The lowest BCUT2D eigenvalue weighted by molar-refractivity contribution is -0.136. The van der Waals surface area contributed by atoms with Crippen molar-refractivity contribution in [1.82, 2.24) is 0 Å². The van der Waals surface area contributed by atoms with Crippen LogP contribution >= 0.6 is 0 Å². The first-order valence-corrected chi connectivity index (χ1v) is 12.1. The van der Waals surface area contributed by atoms with Crippen molar-refractivity contribution in [2.45, 2.75) is 83.2 Å². The molecule has 0 spiro atoms. The van der Waals surface area contributed by atoms with E-state index in [9.17, 15) is 30.0 Å². The van der Waals surface area contributed by atoms with Gasteiger partial charge in [-0.25, -0.2) is 9.59 Å². The maximum absolute atomic E-state index is 11.8. The van der Waals surface area contributed by atoms with Gasteiger partial charge in [-0.05, 0) is 55.6 Å². The van der Waals surface area contributed by atoms with Crippen molar-refractivity contribution in [3.8, 4) is 11.8 Å². The third-order valence-corrected chi connectivity index (χ3v) is 6.63. The summed E-state index contributed by atoms with van der Waals surface area (Å²) in [6, 6.07) is 7.02. The van der Waals surface area contributed by atoms with Gasteiger partial charge < -0.3 is 25.5 Å². The minimum absolute atomic E-state index is 0.0143. The highest BCUT2D eigenvalue weighted by molar-refractivity contribution is 5.89. The van der Waals surface area contributed by atoms with Crippen molar-refractivity contribution in [3.05, 3.63) is 46.9 Å².